The van der Waals surface area contributed by atoms with Gasteiger partial charge in [0.15, 0.2) is 0 Å². The molecule has 0 aliphatic heterocycles. The zero-order chi connectivity index (χ0) is 14.3. The summed E-state index contributed by atoms with van der Waals surface area (Å²) < 4.78 is 9.91. The van der Waals surface area contributed by atoms with E-state index in [2.05, 4.69) is 18.6 Å². The number of carbonyl (C=O) groups is 2. The van der Waals surface area contributed by atoms with Crippen LogP contribution in [-0.2, 0) is 9.47 Å². The fraction of sp³-hybridized carbons (Fsp3) is 0.467. The number of rotatable bonds is 6. The summed E-state index contributed by atoms with van der Waals surface area (Å²) in [5.41, 5.74) is 0.486. The quantitative estimate of drug-likeness (QED) is 0.741. The van der Waals surface area contributed by atoms with Gasteiger partial charge < -0.3 is 9.47 Å². The molecule has 1 rings (SSSR count). The van der Waals surface area contributed by atoms with Crippen molar-refractivity contribution in [2.24, 2.45) is 5.92 Å². The zero-order valence-corrected chi connectivity index (χ0v) is 11.6. The van der Waals surface area contributed by atoms with Gasteiger partial charge in [0.2, 0.25) is 0 Å². The van der Waals surface area contributed by atoms with Crippen LogP contribution >= 0.6 is 0 Å². The summed E-state index contributed by atoms with van der Waals surface area (Å²) in [6, 6.07) is 6.51. The van der Waals surface area contributed by atoms with Crippen molar-refractivity contribution in [2.75, 3.05) is 13.7 Å². The van der Waals surface area contributed by atoms with Gasteiger partial charge in [-0.3, -0.25) is 0 Å². The SMILES string of the molecule is CCC(CC)COC(=O)c1ccccc1C(=O)OC. The Labute approximate surface area is 113 Å². The van der Waals surface area contributed by atoms with E-state index in [9.17, 15) is 9.59 Å². The number of hydrogen-bond donors (Lipinski definition) is 0. The Kier molecular flexibility index (Phi) is 6.06. The topological polar surface area (TPSA) is 52.6 Å². The largest absolute Gasteiger partial charge is 0.465 e. The van der Waals surface area contributed by atoms with Crippen LogP contribution in [0.1, 0.15) is 47.4 Å². The average molecular weight is 264 g/mol. The molecular weight excluding hydrogens is 244 g/mol. The highest BCUT2D eigenvalue weighted by molar-refractivity contribution is 6.03. The molecule has 1 aromatic rings. The first kappa shape index (κ1) is 15.2. The fourth-order valence-electron chi connectivity index (χ4n) is 1.74. The van der Waals surface area contributed by atoms with Gasteiger partial charge in [0.25, 0.3) is 0 Å². The third-order valence-corrected chi connectivity index (χ3v) is 3.16. The predicted molar refractivity (Wildman–Crippen MR) is 72.1 cm³/mol. The smallest absolute Gasteiger partial charge is 0.339 e. The number of benzene rings is 1. The molecule has 104 valence electrons. The maximum Gasteiger partial charge on any atom is 0.339 e. The lowest BCUT2D eigenvalue weighted by atomic mass is 10.1. The van der Waals surface area contributed by atoms with Crippen molar-refractivity contribution in [3.8, 4) is 0 Å². The van der Waals surface area contributed by atoms with Gasteiger partial charge in [-0.15, -0.1) is 0 Å². The lowest BCUT2D eigenvalue weighted by molar-refractivity contribution is 0.0421. The summed E-state index contributed by atoms with van der Waals surface area (Å²) in [4.78, 5) is 23.6. The molecule has 19 heavy (non-hydrogen) atoms. The average Bonchev–Trinajstić information content (AvgIpc) is 2.47. The van der Waals surface area contributed by atoms with E-state index in [-0.39, 0.29) is 11.1 Å². The second kappa shape index (κ2) is 7.56. The van der Waals surface area contributed by atoms with E-state index in [1.165, 1.54) is 7.11 Å². The van der Waals surface area contributed by atoms with Crippen LogP contribution in [0.25, 0.3) is 0 Å². The predicted octanol–water partition coefficient (Wildman–Crippen LogP) is 3.07. The van der Waals surface area contributed by atoms with Crippen molar-refractivity contribution in [1.29, 1.82) is 0 Å². The maximum absolute atomic E-state index is 12.0. The van der Waals surface area contributed by atoms with Crippen LogP contribution in [0.4, 0.5) is 0 Å². The van der Waals surface area contributed by atoms with Gasteiger partial charge in [0.05, 0.1) is 24.8 Å². The number of methoxy groups -OCH3 is 1. The van der Waals surface area contributed by atoms with Crippen molar-refractivity contribution in [2.45, 2.75) is 26.7 Å². The Balaban J connectivity index is 2.79. The number of carbonyl (C=O) groups excluding carboxylic acids is 2. The molecule has 0 aromatic heterocycles. The summed E-state index contributed by atoms with van der Waals surface area (Å²) in [5.74, 6) is -0.655. The molecule has 0 atom stereocenters. The monoisotopic (exact) mass is 264 g/mol. The Morgan fingerprint density at radius 3 is 2.05 bits per heavy atom. The molecule has 0 aliphatic rings. The molecule has 0 saturated carbocycles. The van der Waals surface area contributed by atoms with Crippen LogP contribution in [0.5, 0.6) is 0 Å². The molecule has 0 unspecified atom stereocenters. The zero-order valence-electron chi connectivity index (χ0n) is 11.6. The van der Waals surface area contributed by atoms with Gasteiger partial charge in [-0.25, -0.2) is 9.59 Å². The molecule has 4 heteroatoms. The Morgan fingerprint density at radius 2 is 1.58 bits per heavy atom. The molecule has 0 amide bonds. The van der Waals surface area contributed by atoms with Gasteiger partial charge in [0, 0.05) is 0 Å². The molecule has 0 aliphatic carbocycles. The second-order valence-corrected chi connectivity index (χ2v) is 4.32. The van der Waals surface area contributed by atoms with E-state index in [1.54, 1.807) is 24.3 Å². The molecule has 0 fully saturated rings. The minimum absolute atomic E-state index is 0.236. The lowest BCUT2D eigenvalue weighted by Crippen LogP contribution is -2.16. The first-order valence-corrected chi connectivity index (χ1v) is 6.48. The van der Waals surface area contributed by atoms with Crippen LogP contribution in [0.15, 0.2) is 24.3 Å². The third kappa shape index (κ3) is 4.09. The van der Waals surface area contributed by atoms with E-state index in [0.29, 0.717) is 12.5 Å². The second-order valence-electron chi connectivity index (χ2n) is 4.32. The molecule has 0 saturated heterocycles. The molecule has 0 bridgehead atoms. The normalized spacial score (nSPS) is 10.3. The van der Waals surface area contributed by atoms with E-state index in [0.717, 1.165) is 12.8 Å². The van der Waals surface area contributed by atoms with E-state index in [1.807, 2.05) is 0 Å². The highest BCUT2D eigenvalue weighted by atomic mass is 16.5. The van der Waals surface area contributed by atoms with E-state index < -0.39 is 11.9 Å². The number of hydrogen-bond acceptors (Lipinski definition) is 4. The Morgan fingerprint density at radius 1 is 1.05 bits per heavy atom. The Bertz CT molecular complexity index is 436. The van der Waals surface area contributed by atoms with Crippen molar-refractivity contribution < 1.29 is 19.1 Å². The standard InChI is InChI=1S/C15H20O4/c1-4-11(5-2)10-19-15(17)13-9-7-6-8-12(13)14(16)18-3/h6-9,11H,4-5,10H2,1-3H3. The van der Waals surface area contributed by atoms with E-state index >= 15 is 0 Å². The summed E-state index contributed by atoms with van der Waals surface area (Å²) in [6.45, 7) is 4.50. The molecular formula is C15H20O4. The van der Waals surface area contributed by atoms with Crippen molar-refractivity contribution in [1.82, 2.24) is 0 Å². The van der Waals surface area contributed by atoms with Gasteiger partial charge in [0.1, 0.15) is 0 Å². The van der Waals surface area contributed by atoms with Crippen LogP contribution in [0, 0.1) is 5.92 Å². The van der Waals surface area contributed by atoms with Crippen LogP contribution in [-0.4, -0.2) is 25.7 Å². The van der Waals surface area contributed by atoms with Crippen molar-refractivity contribution in [3.05, 3.63) is 35.4 Å². The van der Waals surface area contributed by atoms with Crippen LogP contribution < -0.4 is 0 Å². The van der Waals surface area contributed by atoms with Crippen LogP contribution in [0.2, 0.25) is 0 Å². The minimum Gasteiger partial charge on any atom is -0.465 e. The first-order valence-electron chi connectivity index (χ1n) is 6.48. The van der Waals surface area contributed by atoms with Crippen molar-refractivity contribution in [3.63, 3.8) is 0 Å². The van der Waals surface area contributed by atoms with Crippen LogP contribution in [0.3, 0.4) is 0 Å². The molecule has 1 aromatic carbocycles. The summed E-state index contributed by atoms with van der Waals surface area (Å²) in [6.07, 6.45) is 1.92. The fourth-order valence-corrected chi connectivity index (χ4v) is 1.74. The van der Waals surface area contributed by atoms with Crippen molar-refractivity contribution >= 4 is 11.9 Å². The van der Waals surface area contributed by atoms with Gasteiger partial charge in [-0.05, 0) is 18.1 Å². The number of esters is 2. The molecule has 0 radical (unpaired) electrons. The summed E-state index contributed by atoms with van der Waals surface area (Å²) >= 11 is 0. The van der Waals surface area contributed by atoms with Gasteiger partial charge in [-0.2, -0.15) is 0 Å². The molecule has 0 N–H and O–H groups in total. The molecule has 0 spiro atoms. The minimum atomic E-state index is -0.532. The molecule has 4 nitrogen and oxygen atoms in total. The summed E-state index contributed by atoms with van der Waals surface area (Å²) in [7, 11) is 1.29. The third-order valence-electron chi connectivity index (χ3n) is 3.16. The highest BCUT2D eigenvalue weighted by Gasteiger charge is 2.18. The summed E-state index contributed by atoms with van der Waals surface area (Å²) in [5, 5.41) is 0. The molecule has 0 heterocycles. The maximum atomic E-state index is 12.0. The Hall–Kier alpha value is -1.84. The lowest BCUT2D eigenvalue weighted by Gasteiger charge is -2.13. The van der Waals surface area contributed by atoms with Gasteiger partial charge in [-0.1, -0.05) is 38.8 Å². The first-order chi connectivity index (χ1) is 9.13. The van der Waals surface area contributed by atoms with Gasteiger partial charge >= 0.3 is 11.9 Å². The highest BCUT2D eigenvalue weighted by Crippen LogP contribution is 2.14. The van der Waals surface area contributed by atoms with E-state index in [4.69, 9.17) is 4.74 Å². The number of ether oxygens (including phenoxy) is 2.